The quantitative estimate of drug-likeness (QED) is 0.0318. The number of phenolic OH excluding ortho intramolecular Hbond substituents is 1. The zero-order valence-electron chi connectivity index (χ0n) is 76.5. The van der Waals surface area contributed by atoms with Gasteiger partial charge in [-0.25, -0.2) is 56.2 Å². The Kier molecular flexibility index (Phi) is 31.4. The molecule has 131 heavy (non-hydrogen) atoms. The van der Waals surface area contributed by atoms with Crippen LogP contribution in [0.3, 0.4) is 0 Å². The van der Waals surface area contributed by atoms with E-state index in [2.05, 4.69) is 96.0 Å². The minimum Gasteiger partial charge on any atom is -0.508 e. The van der Waals surface area contributed by atoms with Crippen LogP contribution in [-0.2, 0) is 23.8 Å². The predicted molar refractivity (Wildman–Crippen MR) is 510 cm³/mol. The van der Waals surface area contributed by atoms with E-state index < -0.39 is 40.6 Å². The van der Waals surface area contributed by atoms with E-state index in [0.29, 0.717) is 12.1 Å². The van der Waals surface area contributed by atoms with Gasteiger partial charge >= 0.3 is 28.7 Å². The van der Waals surface area contributed by atoms with E-state index >= 15 is 0 Å². The summed E-state index contributed by atoms with van der Waals surface area (Å²) in [6.07, 6.45) is 4.73. The Morgan fingerprint density at radius 3 is 0.710 bits per heavy atom. The Labute approximate surface area is 762 Å². The van der Waals surface area contributed by atoms with E-state index in [4.69, 9.17) is 23.1 Å². The summed E-state index contributed by atoms with van der Waals surface area (Å²) in [7, 11) is 1.39. The van der Waals surface area contributed by atoms with Crippen LogP contribution in [-0.4, -0.2) is 244 Å². The molecule has 0 bridgehead atoms. The largest absolute Gasteiger partial charge is 0.508 e. The third-order valence-corrected chi connectivity index (χ3v) is 25.3. The van der Waals surface area contributed by atoms with Crippen molar-refractivity contribution in [1.82, 2.24) is 57.4 Å². The second kappa shape index (κ2) is 43.2. The number of aliphatic hydroxyl groups excluding tert-OH is 2. The fourth-order valence-corrected chi connectivity index (χ4v) is 16.6. The standard InChI is InChI=1S/C26H33N5O4.C24H31N5O5S.C23H29N5O3.C22H27N5O3/c1-5-25(32)35-20(3)19(2)31-26(33)30(18-27-31)23-8-6-21(7-9-23)28-14-16-29(17-15-28)22-10-12-24(34-4)13-11-22;1-18(19(2)34-35(4,31)32)29-24(30)28(17-25-29)22-7-5-20(6-8-22)26-13-15-27(16-14-26)21-9-11-23(33-3)12-10-21;1-17(18(2)29)28-23(30)27(16-24-28)21-6-4-19(5-7-21)25-12-14-26(15-13-25)20-8-10-22(31-3)11-9-20;1-16(17(2)28)27-22(30)26(15-23-27)20-5-3-18(4-6-20)24-11-13-25(14-12-24)19-7-9-21(29)10-8-19/h6-13,18-20H,5,14-17H2,1-4H3;5-12,17-19H,13-16H2,1-4H3;4-11,16-18,29H,12-15H2,1-3H3;3-10,15-17,28-29H,11-14H2,1-2H3/t19-,20?;18-,19+;17-,18+;16-,17?/m0000/s1. The smallest absolute Gasteiger partial charge is 0.350 e. The van der Waals surface area contributed by atoms with Gasteiger partial charge in [0.15, 0.2) is 0 Å². The minimum atomic E-state index is -3.64. The predicted octanol–water partition coefficient (Wildman–Crippen LogP) is 9.89. The van der Waals surface area contributed by atoms with E-state index in [-0.39, 0.29) is 52.6 Å². The second-order valence-corrected chi connectivity index (χ2v) is 34.6. The van der Waals surface area contributed by atoms with Crippen LogP contribution < -0.4 is 76.2 Å². The molecule has 0 aliphatic carbocycles. The monoisotopic (exact) mass is 1810 g/mol. The summed E-state index contributed by atoms with van der Waals surface area (Å²) in [6.45, 7) is 30.1. The molecule has 3 N–H and O–H groups in total. The number of anilines is 8. The van der Waals surface area contributed by atoms with Gasteiger partial charge in [-0.15, -0.1) is 0 Å². The first kappa shape index (κ1) is 95.0. The summed E-state index contributed by atoms with van der Waals surface area (Å²) >= 11 is 0. The van der Waals surface area contributed by atoms with E-state index in [1.165, 1.54) is 79.4 Å². The topological polar surface area (TPSA) is 343 Å². The molecule has 4 aromatic heterocycles. The molecule has 0 spiro atoms. The van der Waals surface area contributed by atoms with Crippen molar-refractivity contribution in [3.8, 4) is 45.7 Å². The number of piperazine rings is 4. The van der Waals surface area contributed by atoms with Crippen LogP contribution in [0.15, 0.2) is 239 Å². The van der Waals surface area contributed by atoms with E-state index in [0.717, 1.165) is 174 Å². The van der Waals surface area contributed by atoms with Gasteiger partial charge in [0.25, 0.3) is 10.1 Å². The van der Waals surface area contributed by atoms with Crippen LogP contribution in [0.1, 0.15) is 92.9 Å². The average Bonchev–Trinajstić information content (AvgIpc) is 1.62. The van der Waals surface area contributed by atoms with Gasteiger partial charge in [0.2, 0.25) is 0 Å². The van der Waals surface area contributed by atoms with Crippen LogP contribution in [0, 0.1) is 0 Å². The van der Waals surface area contributed by atoms with Gasteiger partial charge in [0.1, 0.15) is 54.4 Å². The molecule has 12 aromatic rings. The zero-order chi connectivity index (χ0) is 93.3. The normalized spacial score (nSPS) is 16.1. The summed E-state index contributed by atoms with van der Waals surface area (Å²) in [5, 5.41) is 45.7. The lowest BCUT2D eigenvalue weighted by molar-refractivity contribution is -0.149. The number of aromatic hydroxyl groups is 1. The number of rotatable bonds is 27. The van der Waals surface area contributed by atoms with Crippen molar-refractivity contribution in [3.63, 3.8) is 0 Å². The molecule has 8 heterocycles. The van der Waals surface area contributed by atoms with Crippen LogP contribution in [0.4, 0.5) is 45.5 Å². The summed E-state index contributed by atoms with van der Waals surface area (Å²) in [5.74, 6) is 2.57. The minimum absolute atomic E-state index is 0.255. The van der Waals surface area contributed by atoms with Gasteiger partial charge in [-0.05, 0) is 250 Å². The fourth-order valence-electron chi connectivity index (χ4n) is 15.9. The summed E-state index contributed by atoms with van der Waals surface area (Å²) < 4.78 is 60.1. The molecule has 8 aromatic carbocycles. The highest BCUT2D eigenvalue weighted by molar-refractivity contribution is 7.86. The van der Waals surface area contributed by atoms with Crippen molar-refractivity contribution < 1.29 is 51.7 Å². The van der Waals surface area contributed by atoms with Crippen molar-refractivity contribution in [1.29, 1.82) is 0 Å². The molecule has 35 nitrogen and oxygen atoms in total. The number of carbonyl (C=O) groups excluding carboxylic acids is 1. The molecule has 0 radical (unpaired) electrons. The Morgan fingerprint density at radius 2 is 0.511 bits per heavy atom. The molecule has 4 aliphatic heterocycles. The number of ether oxygens (including phenoxy) is 4. The Hall–Kier alpha value is -13.6. The molecule has 36 heteroatoms. The van der Waals surface area contributed by atoms with Gasteiger partial charge in [0.05, 0.1) is 92.8 Å². The maximum Gasteiger partial charge on any atom is 0.350 e. The highest BCUT2D eigenvalue weighted by Gasteiger charge is 2.29. The molecule has 4 aliphatic rings. The van der Waals surface area contributed by atoms with E-state index in [1.807, 2.05) is 153 Å². The maximum absolute atomic E-state index is 13.0. The maximum atomic E-state index is 13.0. The van der Waals surface area contributed by atoms with Crippen LogP contribution in [0.2, 0.25) is 0 Å². The summed E-state index contributed by atoms with van der Waals surface area (Å²) in [4.78, 5) is 81.5. The third kappa shape index (κ3) is 23.4. The molecule has 4 fully saturated rings. The number of nitrogens with zero attached hydrogens (tertiary/aromatic N) is 20. The number of hydrogen-bond donors (Lipinski definition) is 3. The molecule has 8 atom stereocenters. The van der Waals surface area contributed by atoms with Gasteiger partial charge < -0.3 is 73.5 Å². The van der Waals surface area contributed by atoms with Crippen molar-refractivity contribution in [2.45, 2.75) is 117 Å². The molecule has 4 saturated heterocycles. The lowest BCUT2D eigenvalue weighted by atomic mass is 10.2. The van der Waals surface area contributed by atoms with Gasteiger partial charge in [-0.3, -0.25) is 8.98 Å². The van der Waals surface area contributed by atoms with Crippen LogP contribution >= 0.6 is 0 Å². The first-order valence-electron chi connectivity index (χ1n) is 44.2. The van der Waals surface area contributed by atoms with E-state index in [1.54, 1.807) is 88.9 Å². The van der Waals surface area contributed by atoms with Crippen LogP contribution in [0.5, 0.6) is 23.0 Å². The first-order chi connectivity index (χ1) is 63.0. The zero-order valence-corrected chi connectivity index (χ0v) is 77.3. The SMILES string of the molecule is CC(O)[C@H](C)n1ncn(-c2ccc(N3CCN(c4ccc(O)cc4)CC3)cc2)c1=O.CCC(=O)OC(C)[C@H](C)n1ncn(-c2ccc(N3CCN(c4ccc(OC)cc4)CC3)cc2)c1=O.COc1ccc(N2CCN(c3ccc(-n4cnn([C@@H](C)[C@@H](C)O)c4=O)cc3)CC2)cc1.COc1ccc(N2CCN(c3ccc(-n4cnn([C@@H](C)[C@@H](C)OS(C)(=O)=O)c4=O)cc3)CC2)cc1. The second-order valence-electron chi connectivity index (χ2n) is 33.0. The number of phenols is 1. The number of aromatic nitrogens is 12. The van der Waals surface area contributed by atoms with E-state index in [9.17, 15) is 47.7 Å². The van der Waals surface area contributed by atoms with Crippen molar-refractivity contribution in [2.75, 3.05) is 172 Å². The number of aliphatic hydroxyl groups is 2. The molecule has 2 unspecified atom stereocenters. The van der Waals surface area contributed by atoms with Crippen molar-refractivity contribution >= 4 is 61.6 Å². The number of hydrogen-bond acceptors (Lipinski definition) is 27. The Balaban J connectivity index is 0.000000149. The fraction of sp³-hybridized carbons (Fsp3) is 0.400. The van der Waals surface area contributed by atoms with Crippen molar-refractivity contribution in [2.24, 2.45) is 0 Å². The highest BCUT2D eigenvalue weighted by atomic mass is 32.2. The lowest BCUT2D eigenvalue weighted by Gasteiger charge is -2.37. The third-order valence-electron chi connectivity index (χ3n) is 24.6. The Morgan fingerprint density at radius 1 is 0.321 bits per heavy atom. The lowest BCUT2D eigenvalue weighted by Crippen LogP contribution is -2.46. The molecule has 0 saturated carbocycles. The molecular formula is C95H120N20O15S. The molecule has 696 valence electrons. The number of benzene rings is 8. The van der Waals surface area contributed by atoms with Crippen LogP contribution in [0.25, 0.3) is 22.7 Å². The summed E-state index contributed by atoms with van der Waals surface area (Å²) in [5.41, 5.74) is 11.0. The number of esters is 1. The molecular weight excluding hydrogens is 1690 g/mol. The highest BCUT2D eigenvalue weighted by Crippen LogP contribution is 2.31. The first-order valence-corrected chi connectivity index (χ1v) is 46.0. The van der Waals surface area contributed by atoms with Crippen molar-refractivity contribution in [3.05, 3.63) is 261 Å². The van der Waals surface area contributed by atoms with Gasteiger partial charge in [-0.1, -0.05) is 6.92 Å². The van der Waals surface area contributed by atoms with Gasteiger partial charge in [0, 0.05) is 157 Å². The average molecular weight is 1810 g/mol. The number of methoxy groups -OCH3 is 3. The van der Waals surface area contributed by atoms with Gasteiger partial charge in [-0.2, -0.15) is 28.8 Å². The summed E-state index contributed by atoms with van der Waals surface area (Å²) in [6, 6.07) is 61.6. The molecule has 0 amide bonds. The number of carbonyl (C=O) groups is 1. The Bertz CT molecular complexity index is 6030. The molecule has 16 rings (SSSR count).